The van der Waals surface area contributed by atoms with Crippen molar-refractivity contribution in [2.45, 2.75) is 38.1 Å². The summed E-state index contributed by atoms with van der Waals surface area (Å²) >= 11 is 0. The van der Waals surface area contributed by atoms with Crippen molar-refractivity contribution in [2.75, 3.05) is 5.32 Å². The number of benzene rings is 1. The maximum absolute atomic E-state index is 13.7. The van der Waals surface area contributed by atoms with Crippen molar-refractivity contribution >= 4 is 11.7 Å². The molecule has 0 aliphatic carbocycles. The molecule has 0 unspecified atom stereocenters. The van der Waals surface area contributed by atoms with E-state index in [2.05, 4.69) is 20.0 Å². The number of hydrogen-bond donors (Lipinski definition) is 3. The zero-order chi connectivity index (χ0) is 26.7. The molecule has 2 aromatic heterocycles. The van der Waals surface area contributed by atoms with Gasteiger partial charge in [0.15, 0.2) is 0 Å². The molecule has 192 valence electrons. The minimum absolute atomic E-state index is 0.0430. The third-order valence-electron chi connectivity index (χ3n) is 4.88. The Kier molecular flexibility index (Phi) is 7.84. The number of carbonyl (C=O) groups is 1. The van der Waals surface area contributed by atoms with Crippen LogP contribution in [0.15, 0.2) is 54.9 Å². The maximum atomic E-state index is 13.7. The van der Waals surface area contributed by atoms with Crippen molar-refractivity contribution in [3.63, 3.8) is 0 Å². The van der Waals surface area contributed by atoms with E-state index in [-0.39, 0.29) is 28.9 Å². The minimum Gasteiger partial charge on any atom is -0.404 e. The SMILES string of the molecule is C[C@@H](O)[C@@H](O)Cc1cnc(-c2ccc(C(=O)Nc3ccc(OC(F)(F)F)cn3)cc2)c(C(F)(F)F)c1. The third kappa shape index (κ3) is 7.15. The Hall–Kier alpha value is -3.71. The van der Waals surface area contributed by atoms with E-state index in [1.54, 1.807) is 0 Å². The van der Waals surface area contributed by atoms with Gasteiger partial charge in [0.2, 0.25) is 0 Å². The van der Waals surface area contributed by atoms with Crippen molar-refractivity contribution in [1.29, 1.82) is 0 Å². The van der Waals surface area contributed by atoms with E-state index in [0.717, 1.165) is 30.6 Å². The monoisotopic (exact) mass is 515 g/mol. The molecule has 0 aliphatic rings. The molecule has 0 saturated carbocycles. The molecule has 3 rings (SSSR count). The van der Waals surface area contributed by atoms with Crippen LogP contribution < -0.4 is 10.1 Å². The molecule has 1 aromatic carbocycles. The average molecular weight is 515 g/mol. The van der Waals surface area contributed by atoms with Crippen LogP contribution in [0.5, 0.6) is 5.75 Å². The number of aromatic nitrogens is 2. The summed E-state index contributed by atoms with van der Waals surface area (Å²) in [5.41, 5.74) is -1.27. The zero-order valence-corrected chi connectivity index (χ0v) is 18.4. The lowest BCUT2D eigenvalue weighted by Gasteiger charge is -2.17. The predicted octanol–water partition coefficient (Wildman–Crippen LogP) is 4.60. The maximum Gasteiger partial charge on any atom is 0.573 e. The number of alkyl halides is 6. The first-order valence-electron chi connectivity index (χ1n) is 10.3. The second-order valence-corrected chi connectivity index (χ2v) is 7.71. The van der Waals surface area contributed by atoms with Crippen molar-refractivity contribution in [1.82, 2.24) is 9.97 Å². The first kappa shape index (κ1) is 26.9. The number of nitrogens with one attached hydrogen (secondary N) is 1. The highest BCUT2D eigenvalue weighted by Crippen LogP contribution is 2.36. The average Bonchev–Trinajstić information content (AvgIpc) is 2.79. The van der Waals surface area contributed by atoms with E-state index in [4.69, 9.17) is 0 Å². The third-order valence-corrected chi connectivity index (χ3v) is 4.88. The summed E-state index contributed by atoms with van der Waals surface area (Å²) < 4.78 is 81.4. The molecule has 2 atom stereocenters. The van der Waals surface area contributed by atoms with Crippen LogP contribution in [0.25, 0.3) is 11.3 Å². The molecule has 36 heavy (non-hydrogen) atoms. The summed E-state index contributed by atoms with van der Waals surface area (Å²) in [4.78, 5) is 19.9. The Labute approximate surface area is 200 Å². The van der Waals surface area contributed by atoms with Gasteiger partial charge in [0.1, 0.15) is 11.6 Å². The first-order chi connectivity index (χ1) is 16.7. The molecule has 0 bridgehead atoms. The molecule has 0 saturated heterocycles. The number of anilines is 1. The van der Waals surface area contributed by atoms with Crippen molar-refractivity contribution in [2.24, 2.45) is 0 Å². The summed E-state index contributed by atoms with van der Waals surface area (Å²) in [5, 5.41) is 21.5. The van der Waals surface area contributed by atoms with Crippen LogP contribution in [-0.2, 0) is 12.6 Å². The Morgan fingerprint density at radius 3 is 2.19 bits per heavy atom. The minimum atomic E-state index is -4.89. The molecule has 0 radical (unpaired) electrons. The number of ether oxygens (including phenoxy) is 1. The smallest absolute Gasteiger partial charge is 0.404 e. The number of rotatable bonds is 7. The summed E-state index contributed by atoms with van der Waals surface area (Å²) in [7, 11) is 0. The van der Waals surface area contributed by atoms with Crippen LogP contribution in [0, 0.1) is 0 Å². The lowest BCUT2D eigenvalue weighted by atomic mass is 9.99. The van der Waals surface area contributed by atoms with Crippen LogP contribution in [-0.4, -0.2) is 44.7 Å². The second kappa shape index (κ2) is 10.5. The number of pyridine rings is 2. The molecule has 0 spiro atoms. The van der Waals surface area contributed by atoms with Crippen LogP contribution in [0.3, 0.4) is 0 Å². The van der Waals surface area contributed by atoms with Gasteiger partial charge in [-0.2, -0.15) is 13.2 Å². The largest absolute Gasteiger partial charge is 0.573 e. The molecular weight excluding hydrogens is 496 g/mol. The van der Waals surface area contributed by atoms with Gasteiger partial charge in [-0.1, -0.05) is 12.1 Å². The number of aliphatic hydroxyl groups excluding tert-OH is 2. The molecule has 2 heterocycles. The van der Waals surface area contributed by atoms with E-state index < -0.39 is 47.7 Å². The Balaban J connectivity index is 1.78. The summed E-state index contributed by atoms with van der Waals surface area (Å²) in [6.07, 6.45) is -10.4. The quantitative estimate of drug-likeness (QED) is 0.398. The van der Waals surface area contributed by atoms with Gasteiger partial charge in [0, 0.05) is 23.7 Å². The number of nitrogens with zero attached hydrogens (tertiary/aromatic N) is 2. The van der Waals surface area contributed by atoms with Gasteiger partial charge in [0.05, 0.1) is 29.7 Å². The Bertz CT molecular complexity index is 1200. The fraction of sp³-hybridized carbons (Fsp3) is 0.261. The molecule has 13 heteroatoms. The van der Waals surface area contributed by atoms with Gasteiger partial charge in [-0.15, -0.1) is 13.2 Å². The van der Waals surface area contributed by atoms with E-state index >= 15 is 0 Å². The lowest BCUT2D eigenvalue weighted by Crippen LogP contribution is -2.25. The molecule has 0 aliphatic heterocycles. The van der Waals surface area contributed by atoms with Crippen LogP contribution >= 0.6 is 0 Å². The first-order valence-corrected chi connectivity index (χ1v) is 10.3. The molecular formula is C23H19F6N3O4. The topological polar surface area (TPSA) is 105 Å². The summed E-state index contributed by atoms with van der Waals surface area (Å²) in [5.74, 6) is -1.36. The number of amides is 1. The van der Waals surface area contributed by atoms with Crippen LogP contribution in [0.4, 0.5) is 32.2 Å². The Morgan fingerprint density at radius 2 is 1.67 bits per heavy atom. The van der Waals surface area contributed by atoms with E-state index in [1.807, 2.05) is 0 Å². The summed E-state index contributed by atoms with van der Waals surface area (Å²) in [6.45, 7) is 1.31. The standard InChI is InChI=1S/C23H19F6N3O4/c1-12(33)18(34)9-13-8-17(22(24,25)26)20(31-10-13)14-2-4-15(5-3-14)21(35)32-19-7-6-16(11-30-19)36-23(27,28)29/h2-8,10-12,18,33-34H,9H2,1H3,(H,30,32,35)/t12-,18+/m1/s1. The predicted molar refractivity (Wildman–Crippen MR) is 115 cm³/mol. The fourth-order valence-corrected chi connectivity index (χ4v) is 3.09. The van der Waals surface area contributed by atoms with E-state index in [1.165, 1.54) is 31.2 Å². The van der Waals surface area contributed by atoms with Gasteiger partial charge in [0.25, 0.3) is 5.91 Å². The highest BCUT2D eigenvalue weighted by atomic mass is 19.4. The van der Waals surface area contributed by atoms with Gasteiger partial charge >= 0.3 is 12.5 Å². The van der Waals surface area contributed by atoms with Crippen molar-refractivity contribution < 1.29 is 46.1 Å². The fourth-order valence-electron chi connectivity index (χ4n) is 3.09. The van der Waals surface area contributed by atoms with Crippen molar-refractivity contribution in [3.05, 3.63) is 71.5 Å². The normalized spacial score (nSPS) is 13.7. The number of halogens is 6. The summed E-state index contributed by atoms with van der Waals surface area (Å²) in [6, 6.07) is 7.88. The van der Waals surface area contributed by atoms with Crippen LogP contribution in [0.2, 0.25) is 0 Å². The number of carbonyl (C=O) groups excluding carboxylic acids is 1. The van der Waals surface area contributed by atoms with Crippen molar-refractivity contribution in [3.8, 4) is 17.0 Å². The Morgan fingerprint density at radius 1 is 1.00 bits per heavy atom. The van der Waals surface area contributed by atoms with E-state index in [0.29, 0.717) is 0 Å². The zero-order valence-electron chi connectivity index (χ0n) is 18.4. The molecule has 3 N–H and O–H groups in total. The van der Waals surface area contributed by atoms with Crippen LogP contribution in [0.1, 0.15) is 28.4 Å². The highest BCUT2D eigenvalue weighted by molar-refractivity contribution is 6.04. The number of hydrogen-bond acceptors (Lipinski definition) is 6. The molecule has 0 fully saturated rings. The lowest BCUT2D eigenvalue weighted by molar-refractivity contribution is -0.274. The molecule has 1 amide bonds. The molecule has 7 nitrogen and oxygen atoms in total. The van der Waals surface area contributed by atoms with Gasteiger partial charge in [-0.3, -0.25) is 9.78 Å². The van der Waals surface area contributed by atoms with Gasteiger partial charge in [-0.25, -0.2) is 4.98 Å². The van der Waals surface area contributed by atoms with E-state index in [9.17, 15) is 41.4 Å². The van der Waals surface area contributed by atoms with Gasteiger partial charge < -0.3 is 20.3 Å². The second-order valence-electron chi connectivity index (χ2n) is 7.71. The number of aliphatic hydroxyl groups is 2. The van der Waals surface area contributed by atoms with Gasteiger partial charge in [-0.05, 0) is 42.8 Å². The highest BCUT2D eigenvalue weighted by Gasteiger charge is 2.35. The molecule has 3 aromatic rings.